The molecule has 11 aliphatic heterocycles. The Kier molecular flexibility index (Phi) is 15.9. The van der Waals surface area contributed by atoms with Crippen LogP contribution in [0.2, 0.25) is 0 Å². The van der Waals surface area contributed by atoms with Crippen LogP contribution in [-0.2, 0) is 35.7 Å². The first kappa shape index (κ1) is 60.1. The first-order chi connectivity index (χ1) is 46.3. The number of halogens is 1. The summed E-state index contributed by atoms with van der Waals surface area (Å²) < 4.78 is 62.6. The highest BCUT2D eigenvalue weighted by Gasteiger charge is 2.46. The largest absolute Gasteiger partial charge is 0.504 e. The third-order valence-electron chi connectivity index (χ3n) is 20.0. The number of aromatic hydroxyl groups is 2. The average molecular weight is 1300 g/mol. The number of amides is 1. The molecular formula is C76H69ClN4O14. The van der Waals surface area contributed by atoms with E-state index in [0.717, 1.165) is 82.1 Å². The van der Waals surface area contributed by atoms with Gasteiger partial charge in [-0.1, -0.05) is 127 Å². The van der Waals surface area contributed by atoms with E-state index in [1.165, 1.54) is 56.1 Å². The van der Waals surface area contributed by atoms with Crippen molar-refractivity contribution in [3.63, 3.8) is 0 Å². The van der Waals surface area contributed by atoms with Gasteiger partial charge in [-0.3, -0.25) is 4.79 Å². The van der Waals surface area contributed by atoms with Gasteiger partial charge < -0.3 is 83.2 Å². The molecule has 0 aliphatic carbocycles. The number of fused-ring (bicyclic) bond motifs is 23. The molecule has 18 nitrogen and oxygen atoms in total. The Balaban J connectivity index is 0.000000102. The molecule has 0 saturated heterocycles. The number of phenolic OH excluding ortho intramolecular Hbond substituents is 2. The standard InChI is InChI=1S/C26H23NO5.2C17H15NO3.C16H15NO3.ClH/c1-29-25(16-7-3-2-4-8-16)26(28)27-13-17-9-5-6-10-18(17)24-19-11-22-23(32-15-31-22)12-21(19)30-14-20(24)27;2*1-2-4-11-10(3-1)7-18-13-8-19-14-6-16-15(20-9-21-16)5-12(14)17(11)13;18-13-5-11-15(6-14(13)19)20-8-12-16(11)10-4-2-1-3-9(10)7-17-12;/h2-12,20,24-25H,13-15H2,1H3;2*1-6,13,17-18H,7-9H2;1-6,12,16-19H,7-8H2;1H/t20-,24+,25-;13-,17+;13-,17-;12-,16-;/m1111./s1. The van der Waals surface area contributed by atoms with Gasteiger partial charge in [-0.05, 0) is 74.3 Å². The molecule has 9 aromatic carbocycles. The molecule has 0 spiro atoms. The van der Waals surface area contributed by atoms with Gasteiger partial charge in [0.2, 0.25) is 20.4 Å². The van der Waals surface area contributed by atoms with Gasteiger partial charge in [0.05, 0.1) is 24.2 Å². The molecule has 0 fully saturated rings. The number of nitrogens with zero attached hydrogens (tertiary/aromatic N) is 1. The Morgan fingerprint density at radius 1 is 0.400 bits per heavy atom. The van der Waals surface area contributed by atoms with Crippen molar-refractivity contribution in [1.82, 2.24) is 20.9 Å². The molecule has 1 amide bonds. The van der Waals surface area contributed by atoms with E-state index < -0.39 is 6.10 Å². The highest BCUT2D eigenvalue weighted by Crippen LogP contribution is 2.53. The maximum absolute atomic E-state index is 13.8. The second kappa shape index (κ2) is 25.1. The van der Waals surface area contributed by atoms with Crippen LogP contribution >= 0.6 is 12.4 Å². The fourth-order valence-corrected chi connectivity index (χ4v) is 15.5. The first-order valence-electron chi connectivity index (χ1n) is 32.1. The smallest absolute Gasteiger partial charge is 0.257 e. The maximum atomic E-state index is 13.8. The van der Waals surface area contributed by atoms with E-state index in [-0.39, 0.29) is 60.5 Å². The van der Waals surface area contributed by atoms with E-state index in [1.807, 2.05) is 77.7 Å². The van der Waals surface area contributed by atoms with Crippen molar-refractivity contribution in [3.05, 3.63) is 248 Å². The molecule has 11 aliphatic rings. The van der Waals surface area contributed by atoms with Crippen LogP contribution in [0.5, 0.6) is 69.0 Å². The molecule has 9 aromatic rings. The van der Waals surface area contributed by atoms with Gasteiger partial charge in [0, 0.05) is 103 Å². The number of phenols is 2. The van der Waals surface area contributed by atoms with Crippen LogP contribution in [0.4, 0.5) is 0 Å². The monoisotopic (exact) mass is 1300 g/mol. The number of hydrogen-bond acceptors (Lipinski definition) is 17. The number of ether oxygens (including phenoxy) is 11. The normalized spacial score (nSPS) is 22.9. The lowest BCUT2D eigenvalue weighted by Gasteiger charge is -2.46. The fourth-order valence-electron chi connectivity index (χ4n) is 15.5. The molecule has 20 rings (SSSR count). The quantitative estimate of drug-likeness (QED) is 0.105. The summed E-state index contributed by atoms with van der Waals surface area (Å²) in [4.78, 5) is 15.7. The van der Waals surface area contributed by atoms with E-state index in [2.05, 4.69) is 107 Å². The van der Waals surface area contributed by atoms with E-state index in [4.69, 9.17) is 52.1 Å². The average Bonchev–Trinajstić information content (AvgIpc) is 1.61. The van der Waals surface area contributed by atoms with Gasteiger partial charge in [-0.25, -0.2) is 0 Å². The van der Waals surface area contributed by atoms with Crippen LogP contribution in [0.15, 0.2) is 176 Å². The molecular weight excluding hydrogens is 1230 g/mol. The van der Waals surface area contributed by atoms with Crippen LogP contribution in [0, 0.1) is 0 Å². The second-order valence-electron chi connectivity index (χ2n) is 25.1. The van der Waals surface area contributed by atoms with Gasteiger partial charge in [0.15, 0.2) is 52.1 Å². The summed E-state index contributed by atoms with van der Waals surface area (Å²) in [6.07, 6.45) is -0.666. The predicted molar refractivity (Wildman–Crippen MR) is 352 cm³/mol. The highest BCUT2D eigenvalue weighted by molar-refractivity contribution is 5.85. The number of nitrogens with one attached hydrogen (secondary N) is 3. The van der Waals surface area contributed by atoms with Crippen molar-refractivity contribution in [2.75, 3.05) is 53.9 Å². The number of rotatable bonds is 3. The van der Waals surface area contributed by atoms with Crippen LogP contribution in [0.3, 0.4) is 0 Å². The molecule has 19 heteroatoms. The number of hydrogen-bond donors (Lipinski definition) is 5. The minimum Gasteiger partial charge on any atom is -0.504 e. The lowest BCUT2D eigenvalue weighted by atomic mass is 9.77. The number of methoxy groups -OCH3 is 1. The molecule has 0 saturated carbocycles. The van der Waals surface area contributed by atoms with Gasteiger partial charge >= 0.3 is 0 Å². The van der Waals surface area contributed by atoms with Crippen molar-refractivity contribution >= 4 is 18.3 Å². The van der Waals surface area contributed by atoms with Crippen LogP contribution in [0.1, 0.15) is 102 Å². The topological polar surface area (TPSA) is 198 Å². The summed E-state index contributed by atoms with van der Waals surface area (Å²) in [5.74, 6) is 8.34. The number of carbonyl (C=O) groups excluding carboxylic acids is 1. The Labute approximate surface area is 554 Å². The first-order valence-corrected chi connectivity index (χ1v) is 32.1. The predicted octanol–water partition coefficient (Wildman–Crippen LogP) is 11.4. The molecule has 11 heterocycles. The summed E-state index contributed by atoms with van der Waals surface area (Å²) in [5.41, 5.74) is 15.6. The second-order valence-corrected chi connectivity index (χ2v) is 25.1. The Morgan fingerprint density at radius 2 is 0.747 bits per heavy atom. The van der Waals surface area contributed by atoms with E-state index in [9.17, 15) is 15.0 Å². The molecule has 5 N–H and O–H groups in total. The Hall–Kier alpha value is -9.82. The van der Waals surface area contributed by atoms with Crippen molar-refractivity contribution in [3.8, 4) is 69.0 Å². The van der Waals surface area contributed by atoms with Crippen LogP contribution < -0.4 is 63.3 Å². The van der Waals surface area contributed by atoms with Crippen molar-refractivity contribution < 1.29 is 67.1 Å². The summed E-state index contributed by atoms with van der Waals surface area (Å²) in [7, 11) is 1.58. The Bertz CT molecular complexity index is 4300. The molecule has 9 atom stereocenters. The molecule has 0 bridgehead atoms. The molecule has 0 radical (unpaired) electrons. The summed E-state index contributed by atoms with van der Waals surface area (Å²) >= 11 is 0. The van der Waals surface area contributed by atoms with Gasteiger partial charge in [-0.15, -0.1) is 12.4 Å². The zero-order chi connectivity index (χ0) is 63.0. The number of benzene rings is 9. The van der Waals surface area contributed by atoms with Crippen molar-refractivity contribution in [2.45, 2.75) is 80.1 Å². The third kappa shape index (κ3) is 10.8. The molecule has 0 unspecified atom stereocenters. The van der Waals surface area contributed by atoms with Crippen LogP contribution in [-0.4, -0.2) is 99.1 Å². The van der Waals surface area contributed by atoms with Gasteiger partial charge in [-0.2, -0.15) is 0 Å². The maximum Gasteiger partial charge on any atom is 0.257 e. The van der Waals surface area contributed by atoms with E-state index in [1.54, 1.807) is 13.2 Å². The molecule has 0 aromatic heterocycles. The highest BCUT2D eigenvalue weighted by atomic mass is 35.5. The molecule has 95 heavy (non-hydrogen) atoms. The number of carbonyl (C=O) groups is 1. The van der Waals surface area contributed by atoms with E-state index >= 15 is 0 Å². The van der Waals surface area contributed by atoms with Crippen molar-refractivity contribution in [1.29, 1.82) is 0 Å². The summed E-state index contributed by atoms with van der Waals surface area (Å²) in [6, 6.07) is 59.3. The Morgan fingerprint density at radius 3 is 1.19 bits per heavy atom. The SMILES string of the molecule is CO[C@@H](C(=O)N1Cc2ccccc2[C@H]2c3cc4c(cc3OC[C@H]21)OCO4)c1ccccc1.Cl.Oc1cc2c(cc1O)[C@H]1c3ccccc3CN[C@@H]1CO2.c1ccc2c(c1)CN[C@@H]1COc3cc4c(cc3[C@@H]21)OCO4.c1ccc2c(c1)CN[C@@H]1COc3cc4c(cc3[C@H]21)OCO4. The third-order valence-corrected chi connectivity index (χ3v) is 20.0. The van der Waals surface area contributed by atoms with Gasteiger partial charge in [0.25, 0.3) is 5.91 Å². The summed E-state index contributed by atoms with van der Waals surface area (Å²) in [6.45, 7) is 6.30. The summed E-state index contributed by atoms with van der Waals surface area (Å²) in [5, 5.41) is 30.1. The minimum absolute atomic E-state index is 0. The fraction of sp³-hybridized carbons (Fsp3) is 0.276. The van der Waals surface area contributed by atoms with Crippen molar-refractivity contribution in [2.24, 2.45) is 0 Å². The zero-order valence-corrected chi connectivity index (χ0v) is 52.7. The lowest BCUT2D eigenvalue weighted by molar-refractivity contribution is -0.147. The minimum atomic E-state index is -0.666. The zero-order valence-electron chi connectivity index (χ0n) is 51.9. The van der Waals surface area contributed by atoms with Gasteiger partial charge in [0.1, 0.15) is 49.4 Å². The lowest BCUT2D eigenvalue weighted by Crippen LogP contribution is -2.53. The van der Waals surface area contributed by atoms with E-state index in [0.29, 0.717) is 87.7 Å². The molecule has 484 valence electrons. The van der Waals surface area contributed by atoms with Crippen LogP contribution in [0.25, 0.3) is 0 Å².